The molecule has 1 aliphatic rings. The molecule has 0 aromatic heterocycles. The van der Waals surface area contributed by atoms with Crippen molar-refractivity contribution < 1.29 is 9.84 Å². The van der Waals surface area contributed by atoms with E-state index in [0.717, 1.165) is 12.1 Å². The van der Waals surface area contributed by atoms with E-state index in [2.05, 4.69) is 43.9 Å². The molecule has 20 heavy (non-hydrogen) atoms. The summed E-state index contributed by atoms with van der Waals surface area (Å²) in [5.74, 6) is -1.26. The highest BCUT2D eigenvalue weighted by Gasteiger charge is 2.53. The van der Waals surface area contributed by atoms with Crippen molar-refractivity contribution in [2.75, 3.05) is 11.5 Å². The van der Waals surface area contributed by atoms with Crippen molar-refractivity contribution in [3.05, 3.63) is 29.3 Å². The van der Waals surface area contributed by atoms with Crippen LogP contribution in [0.15, 0.2) is 18.2 Å². The van der Waals surface area contributed by atoms with Gasteiger partial charge >= 0.3 is 0 Å². The van der Waals surface area contributed by atoms with Crippen molar-refractivity contribution in [2.45, 2.75) is 59.9 Å². The molecule has 0 aliphatic carbocycles. The van der Waals surface area contributed by atoms with Crippen LogP contribution in [-0.4, -0.2) is 23.7 Å². The van der Waals surface area contributed by atoms with Gasteiger partial charge in [-0.1, -0.05) is 45.9 Å². The topological polar surface area (TPSA) is 32.7 Å². The van der Waals surface area contributed by atoms with Gasteiger partial charge in [0.25, 0.3) is 5.91 Å². The van der Waals surface area contributed by atoms with Crippen LogP contribution >= 0.6 is 0 Å². The van der Waals surface area contributed by atoms with Gasteiger partial charge in [-0.25, -0.2) is 0 Å². The number of para-hydroxylation sites is 1. The fourth-order valence-corrected chi connectivity index (χ4v) is 2.98. The predicted molar refractivity (Wildman–Crippen MR) is 82.9 cm³/mol. The molecule has 1 saturated heterocycles. The molecule has 1 N–H and O–H groups in total. The van der Waals surface area contributed by atoms with Crippen molar-refractivity contribution in [3.8, 4) is 0 Å². The van der Waals surface area contributed by atoms with Gasteiger partial charge in [-0.15, -0.1) is 0 Å². The molecule has 2 unspecified atom stereocenters. The van der Waals surface area contributed by atoms with Crippen LogP contribution in [0.1, 0.15) is 45.7 Å². The summed E-state index contributed by atoms with van der Waals surface area (Å²) in [4.78, 5) is 2.07. The van der Waals surface area contributed by atoms with Crippen LogP contribution in [0.3, 0.4) is 0 Å². The van der Waals surface area contributed by atoms with Gasteiger partial charge in [-0.2, -0.15) is 0 Å². The van der Waals surface area contributed by atoms with Gasteiger partial charge in [-0.05, 0) is 31.4 Å². The highest BCUT2D eigenvalue weighted by molar-refractivity contribution is 5.62. The quantitative estimate of drug-likeness (QED) is 0.898. The Bertz CT molecular complexity index is 492. The van der Waals surface area contributed by atoms with E-state index in [4.69, 9.17) is 4.74 Å². The lowest BCUT2D eigenvalue weighted by Gasteiger charge is -2.45. The number of hydrogen-bond donors (Lipinski definition) is 1. The second-order valence-electron chi connectivity index (χ2n) is 6.82. The zero-order valence-electron chi connectivity index (χ0n) is 13.5. The third-order valence-corrected chi connectivity index (χ3v) is 4.21. The molecule has 1 aromatic carbocycles. The van der Waals surface area contributed by atoms with Crippen LogP contribution in [0.5, 0.6) is 0 Å². The number of aliphatic hydroxyl groups is 1. The van der Waals surface area contributed by atoms with Gasteiger partial charge in [0.1, 0.15) is 0 Å². The second kappa shape index (κ2) is 5.05. The van der Waals surface area contributed by atoms with Crippen LogP contribution in [-0.2, 0) is 11.2 Å². The molecule has 1 fully saturated rings. The third kappa shape index (κ3) is 2.23. The number of hydrogen-bond acceptors (Lipinski definition) is 3. The van der Waals surface area contributed by atoms with Crippen LogP contribution < -0.4 is 4.90 Å². The molecule has 3 nitrogen and oxygen atoms in total. The van der Waals surface area contributed by atoms with Crippen molar-refractivity contribution in [1.82, 2.24) is 0 Å². The zero-order chi connectivity index (χ0) is 15.1. The Morgan fingerprint density at radius 2 is 2.05 bits per heavy atom. The molecule has 2 atom stereocenters. The smallest absolute Gasteiger partial charge is 0.254 e. The fourth-order valence-electron chi connectivity index (χ4n) is 2.98. The Kier molecular flexibility index (Phi) is 3.87. The number of ether oxygens (including phenoxy) is 1. The summed E-state index contributed by atoms with van der Waals surface area (Å²) in [7, 11) is 0. The predicted octanol–water partition coefficient (Wildman–Crippen LogP) is 3.47. The summed E-state index contributed by atoms with van der Waals surface area (Å²) in [6, 6.07) is 6.47. The van der Waals surface area contributed by atoms with E-state index < -0.39 is 5.91 Å². The lowest BCUT2D eigenvalue weighted by atomic mass is 9.88. The van der Waals surface area contributed by atoms with Gasteiger partial charge < -0.3 is 14.7 Å². The Morgan fingerprint density at radius 1 is 1.40 bits per heavy atom. The molecular formula is C17H27NO2. The van der Waals surface area contributed by atoms with E-state index >= 15 is 0 Å². The molecule has 112 valence electrons. The molecular weight excluding hydrogens is 250 g/mol. The number of anilines is 1. The van der Waals surface area contributed by atoms with Gasteiger partial charge in [0, 0.05) is 11.1 Å². The summed E-state index contributed by atoms with van der Waals surface area (Å²) < 4.78 is 5.82. The highest BCUT2D eigenvalue weighted by atomic mass is 16.7. The monoisotopic (exact) mass is 277 g/mol. The van der Waals surface area contributed by atoms with Gasteiger partial charge in [0.2, 0.25) is 0 Å². The largest absolute Gasteiger partial charge is 0.348 e. The first-order valence-electron chi connectivity index (χ1n) is 7.46. The van der Waals surface area contributed by atoms with Crippen LogP contribution in [0, 0.1) is 12.3 Å². The molecule has 0 spiro atoms. The first-order valence-corrected chi connectivity index (χ1v) is 7.46. The minimum Gasteiger partial charge on any atom is -0.348 e. The Labute approximate surface area is 122 Å². The van der Waals surface area contributed by atoms with E-state index in [9.17, 15) is 5.11 Å². The molecule has 1 aromatic rings. The second-order valence-corrected chi connectivity index (χ2v) is 6.82. The summed E-state index contributed by atoms with van der Waals surface area (Å²) in [5.41, 5.74) is 3.18. The van der Waals surface area contributed by atoms with Gasteiger partial charge in [0.05, 0.1) is 12.6 Å². The minimum absolute atomic E-state index is 0.158. The summed E-state index contributed by atoms with van der Waals surface area (Å²) in [5, 5.41) is 11.2. The Balaban J connectivity index is 2.60. The molecule has 0 radical (unpaired) electrons. The third-order valence-electron chi connectivity index (χ3n) is 4.21. The standard InChI is InChI=1S/C17H27NO2/c1-7-14-10-8-9-12(2)15(14)18-13(3)11-20-17(18,19)16(4,5)6/h8-10,13,19H,7,11H2,1-6H3. The highest BCUT2D eigenvalue weighted by Crippen LogP contribution is 2.45. The van der Waals surface area contributed by atoms with Gasteiger partial charge in [-0.3, -0.25) is 0 Å². The summed E-state index contributed by atoms with van der Waals surface area (Å²) in [6.45, 7) is 12.9. The van der Waals surface area contributed by atoms with E-state index in [0.29, 0.717) is 6.61 Å². The molecule has 3 heteroatoms. The fraction of sp³-hybridized carbons (Fsp3) is 0.647. The number of benzene rings is 1. The van der Waals surface area contributed by atoms with Crippen molar-refractivity contribution in [3.63, 3.8) is 0 Å². The summed E-state index contributed by atoms with van der Waals surface area (Å²) >= 11 is 0. The SMILES string of the molecule is CCc1cccc(C)c1N1C(C)COC1(O)C(C)(C)C. The number of rotatable bonds is 2. The van der Waals surface area contributed by atoms with Crippen molar-refractivity contribution >= 4 is 5.69 Å². The van der Waals surface area contributed by atoms with E-state index in [1.54, 1.807) is 0 Å². The van der Waals surface area contributed by atoms with Crippen LogP contribution in [0.25, 0.3) is 0 Å². The normalized spacial score (nSPS) is 27.1. The number of nitrogens with zero attached hydrogens (tertiary/aromatic N) is 1. The maximum atomic E-state index is 11.2. The van der Waals surface area contributed by atoms with E-state index in [1.165, 1.54) is 11.1 Å². The zero-order valence-corrected chi connectivity index (χ0v) is 13.5. The molecule has 2 rings (SSSR count). The van der Waals surface area contributed by atoms with Gasteiger partial charge in [0.15, 0.2) is 0 Å². The molecule has 1 aliphatic heterocycles. The van der Waals surface area contributed by atoms with E-state index in [1.807, 2.05) is 20.8 Å². The average Bonchev–Trinajstić information content (AvgIpc) is 2.66. The van der Waals surface area contributed by atoms with Crippen LogP contribution in [0.2, 0.25) is 0 Å². The lowest BCUT2D eigenvalue weighted by molar-refractivity contribution is -0.230. The molecule has 0 saturated carbocycles. The Morgan fingerprint density at radius 3 is 2.60 bits per heavy atom. The number of aryl methyl sites for hydroxylation is 2. The molecule has 1 heterocycles. The maximum absolute atomic E-state index is 11.2. The molecule has 0 amide bonds. The summed E-state index contributed by atoms with van der Waals surface area (Å²) in [6.07, 6.45) is 0.945. The van der Waals surface area contributed by atoms with Crippen LogP contribution in [0.4, 0.5) is 5.69 Å². The first kappa shape index (κ1) is 15.3. The van der Waals surface area contributed by atoms with E-state index in [-0.39, 0.29) is 11.5 Å². The van der Waals surface area contributed by atoms with Crippen molar-refractivity contribution in [1.29, 1.82) is 0 Å². The minimum atomic E-state index is -1.26. The lowest BCUT2D eigenvalue weighted by Crippen LogP contribution is -2.57. The maximum Gasteiger partial charge on any atom is 0.254 e. The first-order chi connectivity index (χ1) is 9.22. The average molecular weight is 277 g/mol. The van der Waals surface area contributed by atoms with Crippen molar-refractivity contribution in [2.24, 2.45) is 5.41 Å². The molecule has 0 bridgehead atoms. The Hall–Kier alpha value is -1.06.